The summed E-state index contributed by atoms with van der Waals surface area (Å²) in [5.41, 5.74) is 7.85. The summed E-state index contributed by atoms with van der Waals surface area (Å²) in [6, 6.07) is 25.1. The number of aliphatic hydroxyl groups is 2. The Bertz CT molecular complexity index is 2960. The summed E-state index contributed by atoms with van der Waals surface area (Å²) in [5, 5.41) is 45.5. The SMILES string of the molecule is CC(C)(O)Cn1cc(Nc2nc3c(-c4ccc(CN5CCC(F)C(c6ccc(-c7ccc(CN8CCOCC8)cc7)c7nc(Nc8cnn(CC(C)(C)O)c8)nn67)C5)cc4)cccn3n2)cn1. The minimum Gasteiger partial charge on any atom is -0.389 e. The lowest BCUT2D eigenvalue weighted by Crippen LogP contribution is -2.40. The Morgan fingerprint density at radius 1 is 0.687 bits per heavy atom. The highest BCUT2D eigenvalue weighted by Gasteiger charge is 2.33. The quantitative estimate of drug-likeness (QED) is 0.0858. The van der Waals surface area contributed by atoms with Crippen molar-refractivity contribution in [3.63, 3.8) is 0 Å². The summed E-state index contributed by atoms with van der Waals surface area (Å²) < 4.78 is 28.8. The second kappa shape index (κ2) is 18.3. The highest BCUT2D eigenvalue weighted by atomic mass is 19.1. The molecule has 2 atom stereocenters. The van der Waals surface area contributed by atoms with Crippen LogP contribution in [0.1, 0.15) is 56.9 Å². The number of aromatic nitrogens is 10. The van der Waals surface area contributed by atoms with Gasteiger partial charge in [0.15, 0.2) is 11.3 Å². The largest absolute Gasteiger partial charge is 0.389 e. The van der Waals surface area contributed by atoms with Gasteiger partial charge in [0.05, 0.1) is 67.0 Å². The van der Waals surface area contributed by atoms with Crippen LogP contribution in [0.5, 0.6) is 0 Å². The number of hydrogen-bond acceptors (Lipinski definition) is 13. The molecular formula is C49H57FN14O3. The van der Waals surface area contributed by atoms with Crippen molar-refractivity contribution in [3.8, 4) is 22.3 Å². The molecule has 67 heavy (non-hydrogen) atoms. The number of fused-ring (bicyclic) bond motifs is 2. The van der Waals surface area contributed by atoms with Gasteiger partial charge >= 0.3 is 0 Å². The van der Waals surface area contributed by atoms with Gasteiger partial charge in [0, 0.05) is 74.9 Å². The number of ether oxygens (including phenoxy) is 1. The zero-order valence-corrected chi connectivity index (χ0v) is 38.3. The summed E-state index contributed by atoms with van der Waals surface area (Å²) >= 11 is 0. The van der Waals surface area contributed by atoms with Crippen LogP contribution in [0.15, 0.2) is 104 Å². The van der Waals surface area contributed by atoms with Gasteiger partial charge in [-0.25, -0.2) is 13.4 Å². The first kappa shape index (κ1) is 44.3. The van der Waals surface area contributed by atoms with Crippen molar-refractivity contribution in [1.82, 2.24) is 58.6 Å². The Balaban J connectivity index is 0.875. The van der Waals surface area contributed by atoms with Gasteiger partial charge < -0.3 is 25.6 Å². The van der Waals surface area contributed by atoms with E-state index in [1.54, 1.807) is 54.0 Å². The van der Waals surface area contributed by atoms with E-state index < -0.39 is 23.3 Å². The number of rotatable bonds is 15. The maximum absolute atomic E-state index is 16.3. The lowest BCUT2D eigenvalue weighted by Gasteiger charge is -2.35. The van der Waals surface area contributed by atoms with Gasteiger partial charge in [0.1, 0.15) is 6.17 Å². The van der Waals surface area contributed by atoms with E-state index in [0.29, 0.717) is 68.0 Å². The second-order valence-electron chi connectivity index (χ2n) is 19.1. The van der Waals surface area contributed by atoms with Crippen molar-refractivity contribution in [2.45, 2.75) is 83.6 Å². The zero-order valence-electron chi connectivity index (χ0n) is 38.3. The highest BCUT2D eigenvalue weighted by molar-refractivity contribution is 5.79. The predicted molar refractivity (Wildman–Crippen MR) is 254 cm³/mol. The molecule has 2 unspecified atom stereocenters. The third-order valence-corrected chi connectivity index (χ3v) is 12.2. The summed E-state index contributed by atoms with van der Waals surface area (Å²) in [6.07, 6.45) is 8.18. The van der Waals surface area contributed by atoms with Crippen LogP contribution >= 0.6 is 0 Å². The van der Waals surface area contributed by atoms with Gasteiger partial charge in [-0.05, 0) is 80.6 Å². The van der Waals surface area contributed by atoms with Crippen molar-refractivity contribution in [2.24, 2.45) is 0 Å². The lowest BCUT2D eigenvalue weighted by atomic mass is 9.91. The molecule has 348 valence electrons. The minimum atomic E-state index is -1.07. The number of halogens is 1. The fraction of sp³-hybridized carbons (Fsp3) is 0.388. The molecule has 10 rings (SSSR count). The summed E-state index contributed by atoms with van der Waals surface area (Å²) in [7, 11) is 0. The van der Waals surface area contributed by atoms with E-state index in [2.05, 4.69) is 84.3 Å². The fourth-order valence-corrected chi connectivity index (χ4v) is 9.07. The molecule has 8 heterocycles. The molecule has 0 spiro atoms. The first-order valence-corrected chi connectivity index (χ1v) is 22.9. The van der Waals surface area contributed by atoms with Crippen molar-refractivity contribution >= 4 is 34.6 Å². The number of alkyl halides is 1. The molecule has 6 aromatic heterocycles. The molecule has 17 nitrogen and oxygen atoms in total. The summed E-state index contributed by atoms with van der Waals surface area (Å²) in [5.74, 6) is 0.356. The molecule has 2 aromatic carbocycles. The smallest absolute Gasteiger partial charge is 0.247 e. The van der Waals surface area contributed by atoms with Crippen LogP contribution < -0.4 is 10.6 Å². The van der Waals surface area contributed by atoms with Crippen molar-refractivity contribution in [3.05, 3.63) is 121 Å². The predicted octanol–water partition coefficient (Wildman–Crippen LogP) is 6.69. The van der Waals surface area contributed by atoms with E-state index in [9.17, 15) is 10.2 Å². The molecule has 2 saturated heterocycles. The average molecular weight is 909 g/mol. The molecule has 0 saturated carbocycles. The Labute approximate surface area is 387 Å². The molecular weight excluding hydrogens is 852 g/mol. The fourth-order valence-electron chi connectivity index (χ4n) is 9.07. The van der Waals surface area contributed by atoms with Crippen LogP contribution in [-0.2, 0) is 30.9 Å². The van der Waals surface area contributed by atoms with Gasteiger partial charge in [-0.1, -0.05) is 48.5 Å². The van der Waals surface area contributed by atoms with E-state index >= 15 is 4.39 Å². The van der Waals surface area contributed by atoms with E-state index in [4.69, 9.17) is 19.8 Å². The molecule has 0 aliphatic carbocycles. The summed E-state index contributed by atoms with van der Waals surface area (Å²) in [4.78, 5) is 14.5. The number of anilines is 4. The maximum Gasteiger partial charge on any atom is 0.247 e. The molecule has 2 aliphatic heterocycles. The number of morpholine rings is 1. The molecule has 4 N–H and O–H groups in total. The third-order valence-electron chi connectivity index (χ3n) is 12.2. The molecule has 0 bridgehead atoms. The normalized spacial score (nSPS) is 17.7. The molecule has 0 radical (unpaired) electrons. The number of piperidine rings is 1. The monoisotopic (exact) mass is 908 g/mol. The Morgan fingerprint density at radius 2 is 1.25 bits per heavy atom. The summed E-state index contributed by atoms with van der Waals surface area (Å²) in [6.45, 7) is 13.6. The number of likely N-dealkylation sites (tertiary alicyclic amines) is 1. The second-order valence-corrected chi connectivity index (χ2v) is 19.1. The number of pyridine rings is 2. The molecule has 18 heteroatoms. The van der Waals surface area contributed by atoms with E-state index in [-0.39, 0.29) is 0 Å². The standard InChI is InChI=1S/C49H57FN14O3/c1-48(2,65)31-61-28-37(24-51-61)53-46-55-44-39(6-5-18-63(44)57-46)35-11-9-34(10-12-35)27-60-19-17-42(50)41(30-60)43-16-15-40(36-13-7-33(8-14-36)26-59-20-22-67-23-21-59)45-56-47(58-64(43)45)54-38-25-52-62(29-38)32-49(3,4)66/h5-16,18,24-25,28-29,41-42,65-66H,17,19-23,26-27,30-32H2,1-4H3,(H,53,57)(H,54,58). The number of nitrogens with one attached hydrogen (secondary N) is 2. The van der Waals surface area contributed by atoms with Crippen LogP contribution in [0.4, 0.5) is 27.7 Å². The Hall–Kier alpha value is -6.57. The third kappa shape index (κ3) is 10.4. The van der Waals surface area contributed by atoms with Crippen LogP contribution in [0.3, 0.4) is 0 Å². The van der Waals surface area contributed by atoms with Crippen LogP contribution in [0.2, 0.25) is 0 Å². The van der Waals surface area contributed by atoms with Gasteiger partial charge in [-0.15, -0.1) is 10.2 Å². The van der Waals surface area contributed by atoms with Crippen LogP contribution in [0, 0.1) is 0 Å². The van der Waals surface area contributed by atoms with Crippen molar-refractivity contribution in [2.75, 3.05) is 50.0 Å². The minimum absolute atomic E-state index is 0.323. The van der Waals surface area contributed by atoms with Crippen LogP contribution in [-0.4, -0.2) is 126 Å². The van der Waals surface area contributed by atoms with E-state index in [0.717, 1.165) is 72.0 Å². The highest BCUT2D eigenvalue weighted by Crippen LogP contribution is 2.35. The van der Waals surface area contributed by atoms with Gasteiger partial charge in [-0.3, -0.25) is 19.2 Å². The molecule has 2 aliphatic rings. The van der Waals surface area contributed by atoms with Gasteiger partial charge in [0.2, 0.25) is 11.9 Å². The number of nitrogens with zero attached hydrogens (tertiary/aromatic N) is 12. The Morgan fingerprint density at radius 3 is 1.87 bits per heavy atom. The molecule has 2 fully saturated rings. The van der Waals surface area contributed by atoms with Crippen molar-refractivity contribution < 1.29 is 19.3 Å². The lowest BCUT2D eigenvalue weighted by molar-refractivity contribution is 0.0342. The maximum atomic E-state index is 16.3. The van der Waals surface area contributed by atoms with E-state index in [1.807, 2.05) is 47.4 Å². The van der Waals surface area contributed by atoms with Gasteiger partial charge in [0.25, 0.3) is 0 Å². The first-order chi connectivity index (χ1) is 32.2. The van der Waals surface area contributed by atoms with Crippen LogP contribution in [0.25, 0.3) is 33.5 Å². The Kier molecular flexibility index (Phi) is 12.1. The molecule has 0 amide bonds. The topological polar surface area (TPSA) is 176 Å². The number of benzene rings is 2. The molecule has 8 aromatic rings. The van der Waals surface area contributed by atoms with Gasteiger partial charge in [-0.2, -0.15) is 20.2 Å². The number of hydrogen-bond donors (Lipinski definition) is 4. The van der Waals surface area contributed by atoms with Crippen molar-refractivity contribution in [1.29, 1.82) is 0 Å². The van der Waals surface area contributed by atoms with E-state index in [1.165, 1.54) is 5.56 Å². The zero-order chi connectivity index (χ0) is 46.3. The first-order valence-electron chi connectivity index (χ1n) is 22.9. The average Bonchev–Trinajstić information content (AvgIpc) is 4.11.